The van der Waals surface area contributed by atoms with Crippen LogP contribution in [0.3, 0.4) is 0 Å². The highest BCUT2D eigenvalue weighted by atomic mass is 16.2. The lowest BCUT2D eigenvalue weighted by molar-refractivity contribution is 0.249. The Balaban J connectivity index is 1.71. The molecule has 1 aromatic carbocycles. The Kier molecular flexibility index (Phi) is 5.02. The smallest absolute Gasteiger partial charge is 0.319 e. The Morgan fingerprint density at radius 3 is 2.65 bits per heavy atom. The van der Waals surface area contributed by atoms with Gasteiger partial charge in [0.1, 0.15) is 0 Å². The van der Waals surface area contributed by atoms with Crippen LogP contribution in [0.2, 0.25) is 0 Å². The van der Waals surface area contributed by atoms with Crippen molar-refractivity contribution in [3.05, 3.63) is 71.2 Å². The Bertz CT molecular complexity index is 917. The molecule has 2 aromatic heterocycles. The van der Waals surface area contributed by atoms with E-state index >= 15 is 0 Å². The number of aromatic nitrogens is 3. The normalized spacial score (nSPS) is 11.8. The highest BCUT2D eigenvalue weighted by molar-refractivity contribution is 5.90. The van der Waals surface area contributed by atoms with Gasteiger partial charge in [0.05, 0.1) is 12.2 Å². The van der Waals surface area contributed by atoms with Gasteiger partial charge in [0.15, 0.2) is 5.82 Å². The molecule has 3 rings (SSSR count). The summed E-state index contributed by atoms with van der Waals surface area (Å²) in [4.78, 5) is 16.7. The van der Waals surface area contributed by atoms with Crippen molar-refractivity contribution >= 4 is 11.7 Å². The van der Waals surface area contributed by atoms with Gasteiger partial charge in [-0.2, -0.15) is 5.10 Å². The van der Waals surface area contributed by atoms with Gasteiger partial charge < -0.3 is 10.6 Å². The van der Waals surface area contributed by atoms with Gasteiger partial charge in [-0.1, -0.05) is 23.8 Å². The van der Waals surface area contributed by atoms with Crippen molar-refractivity contribution in [2.75, 3.05) is 5.32 Å². The minimum absolute atomic E-state index is 0.182. The first-order chi connectivity index (χ1) is 12.5. The van der Waals surface area contributed by atoms with Crippen LogP contribution < -0.4 is 10.6 Å². The lowest BCUT2D eigenvalue weighted by Crippen LogP contribution is -2.31. The zero-order valence-electron chi connectivity index (χ0n) is 15.4. The van der Waals surface area contributed by atoms with E-state index in [-0.39, 0.29) is 12.1 Å². The minimum atomic E-state index is -0.241. The molecule has 0 aliphatic rings. The third kappa shape index (κ3) is 3.74. The maximum absolute atomic E-state index is 12.4. The van der Waals surface area contributed by atoms with Crippen molar-refractivity contribution in [3.63, 3.8) is 0 Å². The molecule has 6 nitrogen and oxygen atoms in total. The van der Waals surface area contributed by atoms with Gasteiger partial charge >= 0.3 is 6.03 Å². The largest absolute Gasteiger partial charge is 0.331 e. The van der Waals surface area contributed by atoms with Crippen molar-refractivity contribution in [1.29, 1.82) is 0 Å². The van der Waals surface area contributed by atoms with Crippen LogP contribution in [0.5, 0.6) is 0 Å². The van der Waals surface area contributed by atoms with E-state index < -0.39 is 0 Å². The molecule has 0 saturated heterocycles. The third-order valence-corrected chi connectivity index (χ3v) is 4.36. The molecular formula is C20H23N5O. The summed E-state index contributed by atoms with van der Waals surface area (Å²) in [6.45, 7) is 7.92. The molecule has 0 unspecified atom stereocenters. The molecule has 0 bridgehead atoms. The number of carbonyl (C=O) groups excluding carboxylic acids is 1. The second-order valence-electron chi connectivity index (χ2n) is 6.42. The lowest BCUT2D eigenvalue weighted by atomic mass is 10.1. The van der Waals surface area contributed by atoms with Gasteiger partial charge in [-0.25, -0.2) is 14.5 Å². The van der Waals surface area contributed by atoms with Crippen molar-refractivity contribution in [3.8, 4) is 5.82 Å². The summed E-state index contributed by atoms with van der Waals surface area (Å²) in [5.41, 5.74) is 4.90. The SMILES string of the molecule is Cc1ccc(NC(=O)N[C@@H](C)c2cnn(-c3ccccn3)c2C)c(C)c1. The first kappa shape index (κ1) is 17.7. The molecular weight excluding hydrogens is 326 g/mol. The number of nitrogens with zero attached hydrogens (tertiary/aromatic N) is 3. The van der Waals surface area contributed by atoms with E-state index in [9.17, 15) is 4.79 Å². The van der Waals surface area contributed by atoms with Crippen molar-refractivity contribution in [2.24, 2.45) is 0 Å². The van der Waals surface area contributed by atoms with Crippen LogP contribution in [0.1, 0.15) is 35.3 Å². The van der Waals surface area contributed by atoms with Gasteiger partial charge in [-0.15, -0.1) is 0 Å². The molecule has 0 aliphatic heterocycles. The molecule has 26 heavy (non-hydrogen) atoms. The van der Waals surface area contributed by atoms with Crippen LogP contribution in [0, 0.1) is 20.8 Å². The third-order valence-electron chi connectivity index (χ3n) is 4.36. The first-order valence-electron chi connectivity index (χ1n) is 8.56. The summed E-state index contributed by atoms with van der Waals surface area (Å²) >= 11 is 0. The Morgan fingerprint density at radius 1 is 1.15 bits per heavy atom. The maximum atomic E-state index is 12.4. The van der Waals surface area contributed by atoms with Gasteiger partial charge in [-0.3, -0.25) is 0 Å². The van der Waals surface area contributed by atoms with Crippen molar-refractivity contribution < 1.29 is 4.79 Å². The molecule has 0 fully saturated rings. The molecule has 6 heteroatoms. The molecule has 2 N–H and O–H groups in total. The molecule has 2 amide bonds. The van der Waals surface area contributed by atoms with Crippen LogP contribution >= 0.6 is 0 Å². The van der Waals surface area contributed by atoms with Crippen LogP contribution in [0.4, 0.5) is 10.5 Å². The van der Waals surface area contributed by atoms with Gasteiger partial charge in [-0.05, 0) is 51.5 Å². The number of anilines is 1. The average Bonchev–Trinajstić information content (AvgIpc) is 3.00. The van der Waals surface area contributed by atoms with Crippen LogP contribution in [0.25, 0.3) is 5.82 Å². The zero-order chi connectivity index (χ0) is 18.7. The number of nitrogens with one attached hydrogen (secondary N) is 2. The summed E-state index contributed by atoms with van der Waals surface area (Å²) < 4.78 is 1.77. The standard InChI is InChI=1S/C20H23N5O/c1-13-8-9-18(14(2)11-13)24-20(26)23-15(3)17-12-22-25(16(17)4)19-7-5-6-10-21-19/h5-12,15H,1-4H3,(H2,23,24,26)/t15-/m0/s1. The van der Waals surface area contributed by atoms with E-state index in [1.165, 1.54) is 5.56 Å². The molecule has 0 saturated carbocycles. The number of urea groups is 1. The Hall–Kier alpha value is -3.15. The molecule has 0 aliphatic carbocycles. The summed E-state index contributed by atoms with van der Waals surface area (Å²) in [7, 11) is 0. The predicted molar refractivity (Wildman–Crippen MR) is 103 cm³/mol. The van der Waals surface area contributed by atoms with E-state index in [1.54, 1.807) is 17.1 Å². The fourth-order valence-electron chi connectivity index (χ4n) is 2.94. The van der Waals surface area contributed by atoms with E-state index in [4.69, 9.17) is 0 Å². The highest BCUT2D eigenvalue weighted by Crippen LogP contribution is 2.20. The van der Waals surface area contributed by atoms with Gasteiger partial charge in [0.25, 0.3) is 0 Å². The van der Waals surface area contributed by atoms with Crippen molar-refractivity contribution in [1.82, 2.24) is 20.1 Å². The number of hydrogen-bond donors (Lipinski definition) is 2. The zero-order valence-corrected chi connectivity index (χ0v) is 15.4. The van der Waals surface area contributed by atoms with E-state index in [0.29, 0.717) is 0 Å². The number of carbonyl (C=O) groups is 1. The van der Waals surface area contributed by atoms with Crippen LogP contribution in [-0.2, 0) is 0 Å². The molecule has 3 aromatic rings. The lowest BCUT2D eigenvalue weighted by Gasteiger charge is -2.16. The highest BCUT2D eigenvalue weighted by Gasteiger charge is 2.17. The van der Waals surface area contributed by atoms with E-state index in [2.05, 4.69) is 20.7 Å². The molecule has 0 radical (unpaired) electrons. The quantitative estimate of drug-likeness (QED) is 0.745. The summed E-state index contributed by atoms with van der Waals surface area (Å²) in [6, 6.07) is 11.2. The molecule has 134 valence electrons. The van der Waals surface area contributed by atoms with Crippen molar-refractivity contribution in [2.45, 2.75) is 33.7 Å². The number of amides is 2. The second-order valence-corrected chi connectivity index (χ2v) is 6.42. The Labute approximate surface area is 153 Å². The van der Waals surface area contributed by atoms with E-state index in [1.807, 2.05) is 64.1 Å². The van der Waals surface area contributed by atoms with Gasteiger partial charge in [0, 0.05) is 23.1 Å². The Morgan fingerprint density at radius 2 is 1.96 bits per heavy atom. The first-order valence-corrected chi connectivity index (χ1v) is 8.56. The molecule has 2 heterocycles. The number of rotatable bonds is 4. The second kappa shape index (κ2) is 7.39. The van der Waals surface area contributed by atoms with Crippen LogP contribution in [0.15, 0.2) is 48.8 Å². The monoisotopic (exact) mass is 349 g/mol. The van der Waals surface area contributed by atoms with E-state index in [0.717, 1.165) is 28.3 Å². The topological polar surface area (TPSA) is 71.8 Å². The predicted octanol–water partition coefficient (Wildman–Crippen LogP) is 4.08. The van der Waals surface area contributed by atoms with Crippen LogP contribution in [-0.4, -0.2) is 20.8 Å². The fraction of sp³-hybridized carbons (Fsp3) is 0.250. The average molecular weight is 349 g/mol. The summed E-state index contributed by atoms with van der Waals surface area (Å²) in [5, 5.41) is 10.3. The minimum Gasteiger partial charge on any atom is -0.331 e. The van der Waals surface area contributed by atoms with Gasteiger partial charge in [0.2, 0.25) is 0 Å². The number of pyridine rings is 1. The fourth-order valence-corrected chi connectivity index (χ4v) is 2.94. The number of benzene rings is 1. The molecule has 0 spiro atoms. The summed E-state index contributed by atoms with van der Waals surface area (Å²) in [6.07, 6.45) is 3.50. The summed E-state index contributed by atoms with van der Waals surface area (Å²) in [5.74, 6) is 0.753. The molecule has 1 atom stereocenters. The number of hydrogen-bond acceptors (Lipinski definition) is 3. The number of aryl methyl sites for hydroxylation is 2. The maximum Gasteiger partial charge on any atom is 0.319 e.